The van der Waals surface area contributed by atoms with Gasteiger partial charge >= 0.3 is 5.97 Å². The average Bonchev–Trinajstić information content (AvgIpc) is 2.12. The Morgan fingerprint density at radius 1 is 1.69 bits per heavy atom. The van der Waals surface area contributed by atoms with Crippen LogP contribution in [0.15, 0.2) is 12.3 Å². The quantitative estimate of drug-likeness (QED) is 0.484. The molecular weight excluding hydrogens is 170 g/mol. The lowest BCUT2D eigenvalue weighted by molar-refractivity contribution is -0.134. The summed E-state index contributed by atoms with van der Waals surface area (Å²) >= 11 is 0. The first kappa shape index (κ1) is 12.0. The van der Waals surface area contributed by atoms with Crippen molar-refractivity contribution in [2.24, 2.45) is 0 Å². The van der Waals surface area contributed by atoms with Gasteiger partial charge in [0.2, 0.25) is 0 Å². The van der Waals surface area contributed by atoms with Crippen molar-refractivity contribution in [3.8, 4) is 0 Å². The van der Waals surface area contributed by atoms with E-state index in [0.29, 0.717) is 13.0 Å². The maximum absolute atomic E-state index is 10.6. The van der Waals surface area contributed by atoms with Gasteiger partial charge in [-0.3, -0.25) is 0 Å². The van der Waals surface area contributed by atoms with Gasteiger partial charge in [-0.05, 0) is 13.3 Å². The van der Waals surface area contributed by atoms with Gasteiger partial charge in [0.25, 0.3) is 0 Å². The third kappa shape index (κ3) is 6.16. The molecule has 0 bridgehead atoms. The molecule has 1 unspecified atom stereocenters. The molecule has 76 valence electrons. The average molecular weight is 187 g/mol. The Bertz CT molecular complexity index is 187. The molecule has 0 heterocycles. The van der Waals surface area contributed by atoms with Gasteiger partial charge in [-0.25, -0.2) is 4.79 Å². The minimum atomic E-state index is -0.736. The zero-order valence-corrected chi connectivity index (χ0v) is 8.33. The summed E-state index contributed by atoms with van der Waals surface area (Å²) in [4.78, 5) is 10.6. The molecule has 0 aromatic rings. The van der Waals surface area contributed by atoms with Crippen LogP contribution in [-0.4, -0.2) is 30.3 Å². The van der Waals surface area contributed by atoms with Gasteiger partial charge < -0.3 is 15.2 Å². The molecule has 2 N–H and O–H groups in total. The van der Waals surface area contributed by atoms with E-state index in [1.54, 1.807) is 6.92 Å². The van der Waals surface area contributed by atoms with Crippen molar-refractivity contribution >= 4 is 5.97 Å². The van der Waals surface area contributed by atoms with Gasteiger partial charge in [0.15, 0.2) is 0 Å². The second-order valence-electron chi connectivity index (χ2n) is 3.09. The van der Waals surface area contributed by atoms with E-state index in [2.05, 4.69) is 10.1 Å². The first-order valence-corrected chi connectivity index (χ1v) is 4.22. The summed E-state index contributed by atoms with van der Waals surface area (Å²) in [5.74, 6) is -0.413. The fourth-order valence-corrected chi connectivity index (χ4v) is 0.599. The molecule has 1 atom stereocenters. The number of ether oxygens (including phenoxy) is 1. The van der Waals surface area contributed by atoms with Gasteiger partial charge in [-0.2, -0.15) is 0 Å². The third-order valence-corrected chi connectivity index (χ3v) is 1.78. The molecule has 0 radical (unpaired) electrons. The minimum Gasteiger partial charge on any atom is -0.466 e. The largest absolute Gasteiger partial charge is 0.466 e. The smallest absolute Gasteiger partial charge is 0.331 e. The Labute approximate surface area is 78.6 Å². The highest BCUT2D eigenvalue weighted by molar-refractivity contribution is 5.81. The summed E-state index contributed by atoms with van der Waals surface area (Å²) in [7, 11) is 1.31. The summed E-state index contributed by atoms with van der Waals surface area (Å²) in [6.45, 7) is 4.04. The molecule has 0 aliphatic carbocycles. The molecule has 0 spiro atoms. The summed E-state index contributed by atoms with van der Waals surface area (Å²) in [6, 6.07) is 0. The summed E-state index contributed by atoms with van der Waals surface area (Å²) in [5, 5.41) is 12.3. The minimum absolute atomic E-state index is 0.413. The second-order valence-corrected chi connectivity index (χ2v) is 3.09. The van der Waals surface area contributed by atoms with Crippen molar-refractivity contribution in [2.45, 2.75) is 25.9 Å². The number of rotatable bonds is 5. The van der Waals surface area contributed by atoms with Gasteiger partial charge in [-0.1, -0.05) is 6.92 Å². The Balaban J connectivity index is 3.67. The number of hydrogen-bond acceptors (Lipinski definition) is 4. The van der Waals surface area contributed by atoms with Crippen LogP contribution < -0.4 is 5.32 Å². The molecule has 0 rings (SSSR count). The normalized spacial score (nSPS) is 15.4. The number of nitrogens with one attached hydrogen (secondary N) is 1. The van der Waals surface area contributed by atoms with E-state index in [4.69, 9.17) is 0 Å². The lowest BCUT2D eigenvalue weighted by Crippen LogP contribution is -2.34. The van der Waals surface area contributed by atoms with Crippen molar-refractivity contribution in [3.05, 3.63) is 12.3 Å². The molecule has 4 nitrogen and oxygen atoms in total. The SMILES string of the molecule is CCC(C)(O)CN/C=C/C(=O)OC. The van der Waals surface area contributed by atoms with E-state index >= 15 is 0 Å². The fourth-order valence-electron chi connectivity index (χ4n) is 0.599. The first-order valence-electron chi connectivity index (χ1n) is 4.22. The molecule has 0 saturated heterocycles. The molecule has 13 heavy (non-hydrogen) atoms. The number of aliphatic hydroxyl groups is 1. The summed E-state index contributed by atoms with van der Waals surface area (Å²) in [5.41, 5.74) is -0.736. The number of carbonyl (C=O) groups excluding carboxylic acids is 1. The zero-order chi connectivity index (χ0) is 10.3. The van der Waals surface area contributed by atoms with Crippen LogP contribution in [0.5, 0.6) is 0 Å². The van der Waals surface area contributed by atoms with Crippen molar-refractivity contribution in [2.75, 3.05) is 13.7 Å². The summed E-state index contributed by atoms with van der Waals surface area (Å²) in [6.07, 6.45) is 3.40. The van der Waals surface area contributed by atoms with Crippen molar-refractivity contribution in [3.63, 3.8) is 0 Å². The van der Waals surface area contributed by atoms with Crippen LogP contribution in [0.1, 0.15) is 20.3 Å². The lowest BCUT2D eigenvalue weighted by atomic mass is 10.0. The van der Waals surface area contributed by atoms with Gasteiger partial charge in [0.05, 0.1) is 12.7 Å². The molecule has 0 saturated carbocycles. The Morgan fingerprint density at radius 2 is 2.31 bits per heavy atom. The van der Waals surface area contributed by atoms with E-state index in [9.17, 15) is 9.90 Å². The topological polar surface area (TPSA) is 58.6 Å². The van der Waals surface area contributed by atoms with E-state index in [1.807, 2.05) is 6.92 Å². The maximum Gasteiger partial charge on any atom is 0.331 e. The highest BCUT2D eigenvalue weighted by Gasteiger charge is 2.15. The standard InChI is InChI=1S/C9H17NO3/c1-4-9(2,12)7-10-6-5-8(11)13-3/h5-6,10,12H,4,7H2,1-3H3/b6-5+. The second kappa shape index (κ2) is 5.59. The molecule has 0 fully saturated rings. The number of hydrogen-bond donors (Lipinski definition) is 2. The first-order chi connectivity index (χ1) is 6.02. The summed E-state index contributed by atoms with van der Waals surface area (Å²) < 4.78 is 4.38. The Kier molecular flexibility index (Phi) is 5.14. The van der Waals surface area contributed by atoms with Gasteiger partial charge in [0.1, 0.15) is 0 Å². The van der Waals surface area contributed by atoms with Crippen LogP contribution in [0.2, 0.25) is 0 Å². The molecule has 0 aliphatic heterocycles. The van der Waals surface area contributed by atoms with Crippen LogP contribution in [0, 0.1) is 0 Å². The number of esters is 1. The molecule has 4 heteroatoms. The molecule has 0 aromatic heterocycles. The maximum atomic E-state index is 10.6. The highest BCUT2D eigenvalue weighted by atomic mass is 16.5. The third-order valence-electron chi connectivity index (χ3n) is 1.78. The highest BCUT2D eigenvalue weighted by Crippen LogP contribution is 2.05. The number of methoxy groups -OCH3 is 1. The molecule has 0 amide bonds. The monoisotopic (exact) mass is 187 g/mol. The van der Waals surface area contributed by atoms with E-state index in [-0.39, 0.29) is 0 Å². The Morgan fingerprint density at radius 3 is 2.77 bits per heavy atom. The predicted octanol–water partition coefficient (Wildman–Crippen LogP) is 0.424. The Hall–Kier alpha value is -1.03. The molecule has 0 aliphatic rings. The van der Waals surface area contributed by atoms with E-state index < -0.39 is 11.6 Å². The van der Waals surface area contributed by atoms with Crippen molar-refractivity contribution in [1.29, 1.82) is 0 Å². The molecular formula is C9H17NO3. The molecule has 0 aromatic carbocycles. The number of carbonyl (C=O) groups is 1. The van der Waals surface area contributed by atoms with E-state index in [0.717, 1.165) is 0 Å². The predicted molar refractivity (Wildman–Crippen MR) is 50.1 cm³/mol. The van der Waals surface area contributed by atoms with Crippen LogP contribution in [0.25, 0.3) is 0 Å². The van der Waals surface area contributed by atoms with Crippen molar-refractivity contribution in [1.82, 2.24) is 5.32 Å². The van der Waals surface area contributed by atoms with Crippen LogP contribution in [0.4, 0.5) is 0 Å². The van der Waals surface area contributed by atoms with Crippen molar-refractivity contribution < 1.29 is 14.6 Å². The van der Waals surface area contributed by atoms with Gasteiger partial charge in [0, 0.05) is 18.8 Å². The van der Waals surface area contributed by atoms with Gasteiger partial charge in [-0.15, -0.1) is 0 Å². The fraction of sp³-hybridized carbons (Fsp3) is 0.667. The lowest BCUT2D eigenvalue weighted by Gasteiger charge is -2.20. The van der Waals surface area contributed by atoms with Crippen LogP contribution in [0.3, 0.4) is 0 Å². The zero-order valence-electron chi connectivity index (χ0n) is 8.33. The van der Waals surface area contributed by atoms with E-state index in [1.165, 1.54) is 19.4 Å². The van der Waals surface area contributed by atoms with Crippen LogP contribution >= 0.6 is 0 Å². The van der Waals surface area contributed by atoms with Crippen LogP contribution in [-0.2, 0) is 9.53 Å².